The van der Waals surface area contributed by atoms with Crippen LogP contribution in [0.3, 0.4) is 0 Å². The summed E-state index contributed by atoms with van der Waals surface area (Å²) in [6.45, 7) is 5.61. The number of piperazine rings is 1. The Morgan fingerprint density at radius 2 is 1.80 bits per heavy atom. The van der Waals surface area contributed by atoms with E-state index in [1.54, 1.807) is 0 Å². The molecule has 0 saturated carbocycles. The predicted molar refractivity (Wildman–Crippen MR) is 102 cm³/mol. The number of nitrogens with one attached hydrogen (secondary N) is 2. The van der Waals surface area contributed by atoms with Crippen molar-refractivity contribution in [1.82, 2.24) is 5.32 Å². The standard InChI is InChI=1S/C20H22N4O/c1-14-20(25)23-19-16(18(22-14)15-6-3-2-4-7-15)8-5-9-17(19)24-12-10-21-11-13-24/h2-9,14,21H,10-13H2,1H3,(H,23,25)/t14-/m1/s1. The van der Waals surface area contributed by atoms with Gasteiger partial charge in [0.25, 0.3) is 0 Å². The Bertz CT molecular complexity index is 810. The van der Waals surface area contributed by atoms with E-state index < -0.39 is 6.04 Å². The molecule has 5 heteroatoms. The second kappa shape index (κ2) is 6.69. The highest BCUT2D eigenvalue weighted by atomic mass is 16.2. The van der Waals surface area contributed by atoms with Crippen molar-refractivity contribution >= 4 is 23.0 Å². The van der Waals surface area contributed by atoms with Crippen LogP contribution in [0.4, 0.5) is 11.4 Å². The number of fused-ring (bicyclic) bond motifs is 1. The first-order valence-electron chi connectivity index (χ1n) is 8.77. The van der Waals surface area contributed by atoms with Gasteiger partial charge in [-0.3, -0.25) is 9.79 Å². The monoisotopic (exact) mass is 334 g/mol. The Kier molecular flexibility index (Phi) is 4.24. The van der Waals surface area contributed by atoms with E-state index in [2.05, 4.69) is 27.7 Å². The van der Waals surface area contributed by atoms with Crippen LogP contribution in [0.5, 0.6) is 0 Å². The number of amides is 1. The first-order chi connectivity index (χ1) is 12.2. The highest BCUT2D eigenvalue weighted by Crippen LogP contribution is 2.33. The number of hydrogen-bond donors (Lipinski definition) is 2. The van der Waals surface area contributed by atoms with E-state index in [1.165, 1.54) is 0 Å². The summed E-state index contributed by atoms with van der Waals surface area (Å²) in [4.78, 5) is 19.6. The summed E-state index contributed by atoms with van der Waals surface area (Å²) in [6, 6.07) is 15.9. The van der Waals surface area contributed by atoms with Crippen molar-refractivity contribution in [3.8, 4) is 0 Å². The molecule has 25 heavy (non-hydrogen) atoms. The van der Waals surface area contributed by atoms with Crippen molar-refractivity contribution in [3.63, 3.8) is 0 Å². The molecule has 0 spiro atoms. The quantitative estimate of drug-likeness (QED) is 0.886. The molecule has 128 valence electrons. The van der Waals surface area contributed by atoms with E-state index in [1.807, 2.05) is 43.3 Å². The number of rotatable bonds is 2. The van der Waals surface area contributed by atoms with Gasteiger partial charge in [0.15, 0.2) is 0 Å². The van der Waals surface area contributed by atoms with E-state index in [9.17, 15) is 4.79 Å². The fourth-order valence-corrected chi connectivity index (χ4v) is 3.41. The number of carbonyl (C=O) groups excluding carboxylic acids is 1. The van der Waals surface area contributed by atoms with E-state index in [4.69, 9.17) is 4.99 Å². The van der Waals surface area contributed by atoms with Crippen molar-refractivity contribution in [2.75, 3.05) is 36.4 Å². The molecule has 1 fully saturated rings. The van der Waals surface area contributed by atoms with Crippen molar-refractivity contribution < 1.29 is 4.79 Å². The summed E-state index contributed by atoms with van der Waals surface area (Å²) < 4.78 is 0. The molecule has 1 saturated heterocycles. The molecule has 2 aliphatic heterocycles. The number of hydrogen-bond acceptors (Lipinski definition) is 4. The summed E-state index contributed by atoms with van der Waals surface area (Å²) in [7, 11) is 0. The third-order valence-corrected chi connectivity index (χ3v) is 4.75. The van der Waals surface area contributed by atoms with Crippen LogP contribution in [0.25, 0.3) is 0 Å². The van der Waals surface area contributed by atoms with Crippen LogP contribution >= 0.6 is 0 Å². The van der Waals surface area contributed by atoms with Gasteiger partial charge in [-0.2, -0.15) is 0 Å². The molecule has 2 aliphatic rings. The Morgan fingerprint density at radius 3 is 2.56 bits per heavy atom. The Balaban J connectivity index is 1.86. The number of anilines is 2. The lowest BCUT2D eigenvalue weighted by atomic mass is 9.99. The zero-order valence-corrected chi connectivity index (χ0v) is 14.3. The molecule has 0 aromatic heterocycles. The summed E-state index contributed by atoms with van der Waals surface area (Å²) >= 11 is 0. The van der Waals surface area contributed by atoms with Crippen molar-refractivity contribution in [1.29, 1.82) is 0 Å². The van der Waals surface area contributed by atoms with Gasteiger partial charge in [0.2, 0.25) is 5.91 Å². The Hall–Kier alpha value is -2.66. The molecule has 0 bridgehead atoms. The average molecular weight is 334 g/mol. The highest BCUT2D eigenvalue weighted by Gasteiger charge is 2.26. The molecular weight excluding hydrogens is 312 g/mol. The van der Waals surface area contributed by atoms with E-state index in [0.29, 0.717) is 0 Å². The third-order valence-electron chi connectivity index (χ3n) is 4.75. The number of para-hydroxylation sites is 1. The zero-order chi connectivity index (χ0) is 17.2. The molecule has 5 nitrogen and oxygen atoms in total. The van der Waals surface area contributed by atoms with E-state index >= 15 is 0 Å². The smallest absolute Gasteiger partial charge is 0.248 e. The number of nitrogens with zero attached hydrogens (tertiary/aromatic N) is 2. The highest BCUT2D eigenvalue weighted by molar-refractivity contribution is 6.21. The van der Waals surface area contributed by atoms with Crippen molar-refractivity contribution in [2.45, 2.75) is 13.0 Å². The SMILES string of the molecule is C[C@H]1N=C(c2ccccc2)c2cccc(N3CCNCC3)c2NC1=O. The normalized spacial score (nSPS) is 20.4. The van der Waals surface area contributed by atoms with E-state index in [0.717, 1.165) is 54.4 Å². The minimum absolute atomic E-state index is 0.0604. The lowest BCUT2D eigenvalue weighted by Crippen LogP contribution is -2.44. The predicted octanol–water partition coefficient (Wildman–Crippen LogP) is 2.27. The zero-order valence-electron chi connectivity index (χ0n) is 14.3. The van der Waals surface area contributed by atoms with Crippen LogP contribution in [0, 0.1) is 0 Å². The molecule has 2 aromatic carbocycles. The average Bonchev–Trinajstić information content (AvgIpc) is 2.79. The first-order valence-corrected chi connectivity index (χ1v) is 8.77. The van der Waals surface area contributed by atoms with Gasteiger partial charge >= 0.3 is 0 Å². The van der Waals surface area contributed by atoms with Crippen LogP contribution in [-0.4, -0.2) is 43.8 Å². The summed E-state index contributed by atoms with van der Waals surface area (Å²) in [5.41, 5.74) is 4.84. The van der Waals surface area contributed by atoms with Gasteiger partial charge in [-0.1, -0.05) is 42.5 Å². The molecular formula is C20H22N4O. The number of aliphatic imine (C=N–C) groups is 1. The van der Waals surface area contributed by atoms with Crippen LogP contribution < -0.4 is 15.5 Å². The summed E-state index contributed by atoms with van der Waals surface area (Å²) in [6.07, 6.45) is 0. The second-order valence-corrected chi connectivity index (χ2v) is 6.45. The molecule has 2 N–H and O–H groups in total. The maximum Gasteiger partial charge on any atom is 0.248 e. The summed E-state index contributed by atoms with van der Waals surface area (Å²) in [5.74, 6) is -0.0604. The molecule has 2 aromatic rings. The van der Waals surface area contributed by atoms with Gasteiger partial charge in [0.05, 0.1) is 17.1 Å². The molecule has 2 heterocycles. The molecule has 0 unspecified atom stereocenters. The minimum atomic E-state index is -0.418. The first kappa shape index (κ1) is 15.8. The lowest BCUT2D eigenvalue weighted by molar-refractivity contribution is -0.116. The van der Waals surface area contributed by atoms with Crippen LogP contribution in [0.1, 0.15) is 18.1 Å². The van der Waals surface area contributed by atoms with Gasteiger partial charge in [-0.25, -0.2) is 0 Å². The Labute approximate surface area is 147 Å². The fraction of sp³-hybridized carbons (Fsp3) is 0.300. The molecule has 0 aliphatic carbocycles. The van der Waals surface area contributed by atoms with Crippen molar-refractivity contribution in [2.24, 2.45) is 4.99 Å². The number of carbonyl (C=O) groups is 1. The van der Waals surface area contributed by atoms with Crippen molar-refractivity contribution in [3.05, 3.63) is 59.7 Å². The number of benzodiazepines with no additional fused rings is 1. The third kappa shape index (κ3) is 3.03. The van der Waals surface area contributed by atoms with Gasteiger partial charge < -0.3 is 15.5 Å². The maximum atomic E-state index is 12.5. The molecule has 0 radical (unpaired) electrons. The van der Waals surface area contributed by atoms with Crippen LogP contribution in [0.15, 0.2) is 53.5 Å². The van der Waals surface area contributed by atoms with Gasteiger partial charge in [-0.05, 0) is 13.0 Å². The largest absolute Gasteiger partial charge is 0.367 e. The fourth-order valence-electron chi connectivity index (χ4n) is 3.41. The topological polar surface area (TPSA) is 56.7 Å². The summed E-state index contributed by atoms with van der Waals surface area (Å²) in [5, 5.41) is 6.50. The van der Waals surface area contributed by atoms with Gasteiger partial charge in [0, 0.05) is 37.3 Å². The number of benzene rings is 2. The second-order valence-electron chi connectivity index (χ2n) is 6.45. The van der Waals surface area contributed by atoms with Gasteiger partial charge in [0.1, 0.15) is 6.04 Å². The molecule has 1 amide bonds. The minimum Gasteiger partial charge on any atom is -0.367 e. The van der Waals surface area contributed by atoms with Crippen LogP contribution in [-0.2, 0) is 4.79 Å². The van der Waals surface area contributed by atoms with Crippen LogP contribution in [0.2, 0.25) is 0 Å². The van der Waals surface area contributed by atoms with E-state index in [-0.39, 0.29) is 5.91 Å². The van der Waals surface area contributed by atoms with Gasteiger partial charge in [-0.15, -0.1) is 0 Å². The molecule has 1 atom stereocenters. The molecule has 4 rings (SSSR count). The lowest BCUT2D eigenvalue weighted by Gasteiger charge is -2.31. The maximum absolute atomic E-state index is 12.5. The Morgan fingerprint density at radius 1 is 1.04 bits per heavy atom.